The van der Waals surface area contributed by atoms with E-state index < -0.39 is 0 Å². The van der Waals surface area contributed by atoms with Crippen LogP contribution in [-0.4, -0.2) is 50.9 Å². The summed E-state index contributed by atoms with van der Waals surface area (Å²) in [7, 11) is 1.65. The lowest BCUT2D eigenvalue weighted by Gasteiger charge is -2.14. The topological polar surface area (TPSA) is 47.9 Å². The van der Waals surface area contributed by atoms with Gasteiger partial charge >= 0.3 is 0 Å². The van der Waals surface area contributed by atoms with Gasteiger partial charge in [0.2, 0.25) is 0 Å². The molecule has 4 nitrogen and oxygen atoms in total. The Labute approximate surface area is 79.8 Å². The quantitative estimate of drug-likeness (QED) is 0.606. The average molecular weight is 192 g/mol. The number of hydrogen-bond acceptors (Lipinski definition) is 4. The second-order valence-electron chi connectivity index (χ2n) is 2.99. The molecular formula is C9H20O4. The molecule has 0 bridgehead atoms. The van der Waals surface area contributed by atoms with Crippen LogP contribution in [0.3, 0.4) is 0 Å². The SMILES string of the molecule is COC(C)COCC(C)OCCO. The third kappa shape index (κ3) is 8.18. The smallest absolute Gasteiger partial charge is 0.0781 e. The molecular weight excluding hydrogens is 172 g/mol. The van der Waals surface area contributed by atoms with Crippen molar-refractivity contribution >= 4 is 0 Å². The van der Waals surface area contributed by atoms with E-state index in [9.17, 15) is 0 Å². The first-order valence-corrected chi connectivity index (χ1v) is 4.53. The fourth-order valence-corrected chi connectivity index (χ4v) is 0.770. The summed E-state index contributed by atoms with van der Waals surface area (Å²) in [5.74, 6) is 0. The summed E-state index contributed by atoms with van der Waals surface area (Å²) in [6.07, 6.45) is 0.140. The first-order valence-electron chi connectivity index (χ1n) is 4.53. The van der Waals surface area contributed by atoms with Gasteiger partial charge in [0.25, 0.3) is 0 Å². The van der Waals surface area contributed by atoms with Crippen LogP contribution >= 0.6 is 0 Å². The molecule has 0 fully saturated rings. The summed E-state index contributed by atoms with van der Waals surface area (Å²) in [6, 6.07) is 0. The highest BCUT2D eigenvalue weighted by Crippen LogP contribution is 1.94. The number of aliphatic hydroxyl groups excluding tert-OH is 1. The Kier molecular flexibility index (Phi) is 8.33. The van der Waals surface area contributed by atoms with Gasteiger partial charge in [0.1, 0.15) is 0 Å². The molecule has 0 aromatic heterocycles. The fourth-order valence-electron chi connectivity index (χ4n) is 0.770. The Hall–Kier alpha value is -0.160. The molecule has 0 rings (SSSR count). The Morgan fingerprint density at radius 3 is 2.31 bits per heavy atom. The lowest BCUT2D eigenvalue weighted by Crippen LogP contribution is -2.22. The van der Waals surface area contributed by atoms with E-state index in [1.165, 1.54) is 0 Å². The number of rotatable bonds is 8. The van der Waals surface area contributed by atoms with Crippen LogP contribution in [0.25, 0.3) is 0 Å². The van der Waals surface area contributed by atoms with E-state index in [0.717, 1.165) is 0 Å². The molecule has 0 aliphatic carbocycles. The van der Waals surface area contributed by atoms with Gasteiger partial charge in [-0.05, 0) is 13.8 Å². The van der Waals surface area contributed by atoms with Gasteiger partial charge in [0, 0.05) is 7.11 Å². The number of aliphatic hydroxyl groups is 1. The third-order valence-corrected chi connectivity index (χ3v) is 1.60. The van der Waals surface area contributed by atoms with E-state index >= 15 is 0 Å². The summed E-state index contributed by atoms with van der Waals surface area (Å²) >= 11 is 0. The van der Waals surface area contributed by atoms with Gasteiger partial charge in [-0.1, -0.05) is 0 Å². The Morgan fingerprint density at radius 1 is 1.15 bits per heavy atom. The van der Waals surface area contributed by atoms with Crippen molar-refractivity contribution in [3.8, 4) is 0 Å². The molecule has 0 amide bonds. The van der Waals surface area contributed by atoms with Gasteiger partial charge in [-0.25, -0.2) is 0 Å². The first-order chi connectivity index (χ1) is 6.20. The minimum absolute atomic E-state index is 0.0243. The molecule has 0 saturated carbocycles. The highest BCUT2D eigenvalue weighted by atomic mass is 16.6. The van der Waals surface area contributed by atoms with Crippen molar-refractivity contribution in [2.75, 3.05) is 33.5 Å². The predicted octanol–water partition coefficient (Wildman–Crippen LogP) is 0.435. The number of methoxy groups -OCH3 is 1. The van der Waals surface area contributed by atoms with Gasteiger partial charge in [0.05, 0.1) is 38.6 Å². The summed E-state index contributed by atoms with van der Waals surface area (Å²) in [6.45, 7) is 5.38. The largest absolute Gasteiger partial charge is 0.394 e. The highest BCUT2D eigenvalue weighted by Gasteiger charge is 2.03. The summed E-state index contributed by atoms with van der Waals surface area (Å²) in [5, 5.41) is 8.48. The summed E-state index contributed by atoms with van der Waals surface area (Å²) < 4.78 is 15.5. The molecule has 80 valence electrons. The molecule has 0 radical (unpaired) electrons. The van der Waals surface area contributed by atoms with Crippen LogP contribution in [0.4, 0.5) is 0 Å². The minimum Gasteiger partial charge on any atom is -0.394 e. The molecule has 13 heavy (non-hydrogen) atoms. The molecule has 1 N–H and O–H groups in total. The zero-order valence-electron chi connectivity index (χ0n) is 8.66. The van der Waals surface area contributed by atoms with E-state index in [2.05, 4.69) is 0 Å². The molecule has 0 aliphatic rings. The van der Waals surface area contributed by atoms with E-state index in [-0.39, 0.29) is 18.8 Å². The van der Waals surface area contributed by atoms with Gasteiger partial charge in [-0.15, -0.1) is 0 Å². The lowest BCUT2D eigenvalue weighted by molar-refractivity contribution is -0.0430. The van der Waals surface area contributed by atoms with Crippen LogP contribution in [0.5, 0.6) is 0 Å². The van der Waals surface area contributed by atoms with Crippen LogP contribution < -0.4 is 0 Å². The third-order valence-electron chi connectivity index (χ3n) is 1.60. The van der Waals surface area contributed by atoms with Gasteiger partial charge in [-0.3, -0.25) is 0 Å². The normalized spacial score (nSPS) is 15.7. The maximum absolute atomic E-state index is 8.48. The van der Waals surface area contributed by atoms with Crippen molar-refractivity contribution < 1.29 is 19.3 Å². The zero-order valence-corrected chi connectivity index (χ0v) is 8.66. The Balaban J connectivity index is 3.21. The molecule has 0 heterocycles. The van der Waals surface area contributed by atoms with Crippen LogP contribution in [0.2, 0.25) is 0 Å². The van der Waals surface area contributed by atoms with E-state index in [4.69, 9.17) is 19.3 Å². The molecule has 2 unspecified atom stereocenters. The zero-order chi connectivity index (χ0) is 10.1. The van der Waals surface area contributed by atoms with Crippen molar-refractivity contribution in [3.63, 3.8) is 0 Å². The van der Waals surface area contributed by atoms with E-state index in [1.807, 2.05) is 13.8 Å². The second-order valence-corrected chi connectivity index (χ2v) is 2.99. The van der Waals surface area contributed by atoms with Crippen molar-refractivity contribution in [1.82, 2.24) is 0 Å². The summed E-state index contributed by atoms with van der Waals surface area (Å²) in [5.41, 5.74) is 0. The molecule has 0 aromatic carbocycles. The maximum atomic E-state index is 8.48. The van der Waals surface area contributed by atoms with Gasteiger partial charge in [0.15, 0.2) is 0 Å². The Morgan fingerprint density at radius 2 is 1.77 bits per heavy atom. The first kappa shape index (κ1) is 12.8. The molecule has 0 spiro atoms. The van der Waals surface area contributed by atoms with Crippen LogP contribution in [0.1, 0.15) is 13.8 Å². The van der Waals surface area contributed by atoms with Crippen molar-refractivity contribution in [3.05, 3.63) is 0 Å². The van der Waals surface area contributed by atoms with Gasteiger partial charge in [-0.2, -0.15) is 0 Å². The number of hydrogen-bond donors (Lipinski definition) is 1. The van der Waals surface area contributed by atoms with E-state index in [1.54, 1.807) is 7.11 Å². The van der Waals surface area contributed by atoms with Crippen LogP contribution in [-0.2, 0) is 14.2 Å². The average Bonchev–Trinajstić information content (AvgIpc) is 2.14. The molecule has 0 saturated heterocycles. The maximum Gasteiger partial charge on any atom is 0.0781 e. The monoisotopic (exact) mass is 192 g/mol. The second kappa shape index (κ2) is 8.44. The minimum atomic E-state index is 0.0243. The van der Waals surface area contributed by atoms with Crippen molar-refractivity contribution in [1.29, 1.82) is 0 Å². The standard InChI is InChI=1S/C9H20O4/c1-8(11-3)6-12-7-9(2)13-5-4-10/h8-10H,4-7H2,1-3H3. The molecule has 4 heteroatoms. The lowest BCUT2D eigenvalue weighted by atomic mass is 10.4. The number of ether oxygens (including phenoxy) is 3. The Bertz CT molecular complexity index is 108. The molecule has 2 atom stereocenters. The van der Waals surface area contributed by atoms with Gasteiger partial charge < -0.3 is 19.3 Å². The highest BCUT2D eigenvalue weighted by molar-refractivity contribution is 4.50. The fraction of sp³-hybridized carbons (Fsp3) is 1.00. The predicted molar refractivity (Wildman–Crippen MR) is 49.8 cm³/mol. The van der Waals surface area contributed by atoms with Crippen molar-refractivity contribution in [2.24, 2.45) is 0 Å². The molecule has 0 aliphatic heterocycles. The van der Waals surface area contributed by atoms with Crippen LogP contribution in [0, 0.1) is 0 Å². The summed E-state index contributed by atoms with van der Waals surface area (Å²) in [4.78, 5) is 0. The van der Waals surface area contributed by atoms with E-state index in [0.29, 0.717) is 19.8 Å². The molecule has 0 aromatic rings. The van der Waals surface area contributed by atoms with Crippen LogP contribution in [0.15, 0.2) is 0 Å². The van der Waals surface area contributed by atoms with Crippen molar-refractivity contribution in [2.45, 2.75) is 26.1 Å².